The Kier molecular flexibility index (Phi) is 5.63. The van der Waals surface area contributed by atoms with E-state index < -0.39 is 17.9 Å². The molecule has 1 amide bonds. The number of ether oxygens (including phenoxy) is 1. The summed E-state index contributed by atoms with van der Waals surface area (Å²) in [6.07, 6.45) is 0.317. The Morgan fingerprint density at radius 3 is 2.74 bits per heavy atom. The Balaban J connectivity index is 2.55. The van der Waals surface area contributed by atoms with Crippen LogP contribution in [0.25, 0.3) is 0 Å². The molecule has 0 aromatic heterocycles. The lowest BCUT2D eigenvalue weighted by atomic mass is 10.2. The van der Waals surface area contributed by atoms with E-state index in [9.17, 15) is 9.59 Å². The molecular formula is C13H16ClNO4. The summed E-state index contributed by atoms with van der Waals surface area (Å²) in [5.74, 6) is -1.03. The molecule has 0 saturated carbocycles. The number of carboxylic acids is 1. The van der Waals surface area contributed by atoms with E-state index in [4.69, 9.17) is 21.4 Å². The van der Waals surface area contributed by atoms with Gasteiger partial charge in [0.05, 0.1) is 0 Å². The third-order valence-corrected chi connectivity index (χ3v) is 3.03. The molecule has 19 heavy (non-hydrogen) atoms. The maximum absolute atomic E-state index is 11.6. The molecule has 0 spiro atoms. The van der Waals surface area contributed by atoms with Crippen molar-refractivity contribution in [1.29, 1.82) is 0 Å². The molecule has 1 unspecified atom stereocenters. The highest BCUT2D eigenvalue weighted by Crippen LogP contribution is 2.24. The van der Waals surface area contributed by atoms with Crippen LogP contribution in [-0.2, 0) is 9.59 Å². The van der Waals surface area contributed by atoms with E-state index in [2.05, 4.69) is 5.32 Å². The van der Waals surface area contributed by atoms with Crippen LogP contribution in [0.3, 0.4) is 0 Å². The van der Waals surface area contributed by atoms with Crippen LogP contribution in [0, 0.1) is 6.92 Å². The van der Waals surface area contributed by atoms with E-state index in [0.29, 0.717) is 17.2 Å². The van der Waals surface area contributed by atoms with Gasteiger partial charge in [-0.2, -0.15) is 0 Å². The Bertz CT molecular complexity index is 476. The number of amides is 1. The van der Waals surface area contributed by atoms with Crippen LogP contribution in [-0.4, -0.2) is 29.6 Å². The van der Waals surface area contributed by atoms with Crippen molar-refractivity contribution in [3.63, 3.8) is 0 Å². The molecule has 1 aromatic rings. The smallest absolute Gasteiger partial charge is 0.326 e. The fraction of sp³-hybridized carbons (Fsp3) is 0.385. The van der Waals surface area contributed by atoms with Crippen LogP contribution >= 0.6 is 11.6 Å². The average molecular weight is 286 g/mol. The van der Waals surface area contributed by atoms with E-state index in [1.165, 1.54) is 0 Å². The summed E-state index contributed by atoms with van der Waals surface area (Å²) in [5.41, 5.74) is 0.738. The molecule has 5 nitrogen and oxygen atoms in total. The molecule has 104 valence electrons. The van der Waals surface area contributed by atoms with Crippen LogP contribution < -0.4 is 10.1 Å². The SMILES string of the molecule is CCC(NC(=O)COc1cccc(Cl)c1C)C(=O)O. The Morgan fingerprint density at radius 2 is 2.16 bits per heavy atom. The quantitative estimate of drug-likeness (QED) is 0.838. The Labute approximate surface area is 116 Å². The maximum Gasteiger partial charge on any atom is 0.326 e. The van der Waals surface area contributed by atoms with Gasteiger partial charge in [0.1, 0.15) is 11.8 Å². The van der Waals surface area contributed by atoms with Crippen molar-refractivity contribution in [3.05, 3.63) is 28.8 Å². The molecule has 6 heteroatoms. The molecule has 0 heterocycles. The predicted molar refractivity (Wildman–Crippen MR) is 71.5 cm³/mol. The van der Waals surface area contributed by atoms with Gasteiger partial charge in [-0.05, 0) is 25.5 Å². The van der Waals surface area contributed by atoms with Crippen molar-refractivity contribution in [2.24, 2.45) is 0 Å². The lowest BCUT2D eigenvalue weighted by molar-refractivity contribution is -0.142. The topological polar surface area (TPSA) is 75.6 Å². The van der Waals surface area contributed by atoms with E-state index in [0.717, 1.165) is 5.56 Å². The molecule has 1 atom stereocenters. The summed E-state index contributed by atoms with van der Waals surface area (Å²) < 4.78 is 5.32. The number of rotatable bonds is 6. The third kappa shape index (κ3) is 4.44. The maximum atomic E-state index is 11.6. The summed E-state index contributed by atoms with van der Waals surface area (Å²) in [6.45, 7) is 3.22. The molecule has 2 N–H and O–H groups in total. The third-order valence-electron chi connectivity index (χ3n) is 2.62. The lowest BCUT2D eigenvalue weighted by Gasteiger charge is -2.13. The van der Waals surface area contributed by atoms with E-state index in [-0.39, 0.29) is 6.61 Å². The van der Waals surface area contributed by atoms with Crippen LogP contribution in [0.4, 0.5) is 0 Å². The molecule has 0 aliphatic rings. The van der Waals surface area contributed by atoms with Gasteiger partial charge in [-0.25, -0.2) is 4.79 Å². The zero-order chi connectivity index (χ0) is 14.4. The second-order valence-electron chi connectivity index (χ2n) is 4.02. The minimum Gasteiger partial charge on any atom is -0.483 e. The van der Waals surface area contributed by atoms with Crippen LogP contribution in [0.5, 0.6) is 5.75 Å². The number of aliphatic carboxylic acids is 1. The monoisotopic (exact) mass is 285 g/mol. The molecular weight excluding hydrogens is 270 g/mol. The molecule has 0 bridgehead atoms. The van der Waals surface area contributed by atoms with E-state index in [1.807, 2.05) is 0 Å². The summed E-state index contributed by atoms with van der Waals surface area (Å²) in [7, 11) is 0. The molecule has 0 aliphatic heterocycles. The molecule has 0 fully saturated rings. The van der Waals surface area contributed by atoms with Gasteiger partial charge in [0.2, 0.25) is 0 Å². The first-order chi connectivity index (χ1) is 8.95. The normalized spacial score (nSPS) is 11.7. The molecule has 0 aliphatic carbocycles. The second kappa shape index (κ2) is 6.99. The Morgan fingerprint density at radius 1 is 1.47 bits per heavy atom. The predicted octanol–water partition coefficient (Wildman–Crippen LogP) is 2.01. The van der Waals surface area contributed by atoms with Gasteiger partial charge in [-0.15, -0.1) is 0 Å². The van der Waals surface area contributed by atoms with Gasteiger partial charge in [0.15, 0.2) is 6.61 Å². The minimum atomic E-state index is -1.06. The van der Waals surface area contributed by atoms with Gasteiger partial charge in [0, 0.05) is 10.6 Å². The first-order valence-electron chi connectivity index (χ1n) is 5.85. The number of carbonyl (C=O) groups is 2. The summed E-state index contributed by atoms with van der Waals surface area (Å²) in [5, 5.41) is 11.7. The first-order valence-corrected chi connectivity index (χ1v) is 6.23. The van der Waals surface area contributed by atoms with Gasteiger partial charge >= 0.3 is 5.97 Å². The van der Waals surface area contributed by atoms with Crippen molar-refractivity contribution in [1.82, 2.24) is 5.32 Å². The van der Waals surface area contributed by atoms with Gasteiger partial charge < -0.3 is 15.2 Å². The van der Waals surface area contributed by atoms with E-state index in [1.54, 1.807) is 32.0 Å². The first kappa shape index (κ1) is 15.3. The molecule has 1 aromatic carbocycles. The number of benzene rings is 1. The highest BCUT2D eigenvalue weighted by atomic mass is 35.5. The van der Waals surface area contributed by atoms with Crippen molar-refractivity contribution < 1.29 is 19.4 Å². The molecule has 1 rings (SSSR count). The standard InChI is InChI=1S/C13H16ClNO4/c1-3-10(13(17)18)15-12(16)7-19-11-6-4-5-9(14)8(11)2/h4-6,10H,3,7H2,1-2H3,(H,15,16)(H,17,18). The lowest BCUT2D eigenvalue weighted by Crippen LogP contribution is -2.42. The number of carboxylic acid groups (broad SMARTS) is 1. The number of halogens is 1. The van der Waals surface area contributed by atoms with Crippen LogP contribution in [0.1, 0.15) is 18.9 Å². The number of hydrogen-bond acceptors (Lipinski definition) is 3. The fourth-order valence-corrected chi connectivity index (χ4v) is 1.63. The van der Waals surface area contributed by atoms with Crippen LogP contribution in [0.2, 0.25) is 5.02 Å². The van der Waals surface area contributed by atoms with Gasteiger partial charge in [-0.3, -0.25) is 4.79 Å². The average Bonchev–Trinajstić information content (AvgIpc) is 2.37. The molecule has 0 radical (unpaired) electrons. The zero-order valence-electron chi connectivity index (χ0n) is 10.8. The van der Waals surface area contributed by atoms with E-state index >= 15 is 0 Å². The van der Waals surface area contributed by atoms with Gasteiger partial charge in [0.25, 0.3) is 5.91 Å². The van der Waals surface area contributed by atoms with Crippen LogP contribution in [0.15, 0.2) is 18.2 Å². The number of hydrogen-bond donors (Lipinski definition) is 2. The summed E-state index contributed by atoms with van der Waals surface area (Å²) in [6, 6.07) is 4.25. The van der Waals surface area contributed by atoms with Crippen molar-refractivity contribution in [3.8, 4) is 5.75 Å². The fourth-order valence-electron chi connectivity index (χ4n) is 1.46. The highest BCUT2D eigenvalue weighted by Gasteiger charge is 2.17. The Hall–Kier alpha value is -1.75. The second-order valence-corrected chi connectivity index (χ2v) is 4.43. The summed E-state index contributed by atoms with van der Waals surface area (Å²) in [4.78, 5) is 22.3. The highest BCUT2D eigenvalue weighted by molar-refractivity contribution is 6.31. The summed E-state index contributed by atoms with van der Waals surface area (Å²) >= 11 is 5.92. The number of carbonyl (C=O) groups excluding carboxylic acids is 1. The molecule has 0 saturated heterocycles. The number of nitrogens with one attached hydrogen (secondary N) is 1. The largest absolute Gasteiger partial charge is 0.483 e. The van der Waals surface area contributed by atoms with Crippen molar-refractivity contribution >= 4 is 23.5 Å². The zero-order valence-corrected chi connectivity index (χ0v) is 11.5. The van der Waals surface area contributed by atoms with Gasteiger partial charge in [-0.1, -0.05) is 24.6 Å². The van der Waals surface area contributed by atoms with Crippen molar-refractivity contribution in [2.75, 3.05) is 6.61 Å². The van der Waals surface area contributed by atoms with Crippen molar-refractivity contribution in [2.45, 2.75) is 26.3 Å². The minimum absolute atomic E-state index is 0.245.